The van der Waals surface area contributed by atoms with Gasteiger partial charge in [-0.1, -0.05) is 12.2 Å². The number of rotatable bonds is 3. The minimum Gasteiger partial charge on any atom is -0.464 e. The lowest BCUT2D eigenvalue weighted by atomic mass is 10.2. The Kier molecular flexibility index (Phi) is 9.28. The predicted octanol–water partition coefficient (Wildman–Crippen LogP) is 2.64. The van der Waals surface area contributed by atoms with Crippen molar-refractivity contribution in [1.29, 1.82) is 0 Å². The largest absolute Gasteiger partial charge is 0.464 e. The molecule has 0 saturated heterocycles. The molecule has 2 aromatic heterocycles. The SMILES string of the molecule is C/C=C\c1c(N)nc(Cl)nc1C(=O)OC.COC(=O)c1nc(Cl)nc(N)c1I. The molecule has 0 aromatic carbocycles. The molecule has 2 aromatic rings. The highest BCUT2D eigenvalue weighted by Gasteiger charge is 2.17. The van der Waals surface area contributed by atoms with Gasteiger partial charge in [-0.25, -0.2) is 24.5 Å². The number of hydrogen-bond donors (Lipinski definition) is 2. The number of hydrogen-bond acceptors (Lipinski definition) is 10. The highest BCUT2D eigenvalue weighted by molar-refractivity contribution is 14.1. The molecule has 0 aliphatic heterocycles. The molecule has 0 fully saturated rings. The number of esters is 2. The second-order valence-electron chi connectivity index (χ2n) is 4.66. The Hall–Kier alpha value is -2.25. The first-order valence-corrected chi connectivity index (χ1v) is 9.10. The first-order chi connectivity index (χ1) is 13.2. The van der Waals surface area contributed by atoms with Crippen LogP contribution in [-0.2, 0) is 9.47 Å². The lowest BCUT2D eigenvalue weighted by Crippen LogP contribution is -2.10. The molecule has 0 atom stereocenters. The summed E-state index contributed by atoms with van der Waals surface area (Å²) in [5.41, 5.74) is 11.6. The molecule has 2 rings (SSSR count). The van der Waals surface area contributed by atoms with Gasteiger partial charge in [0.2, 0.25) is 10.6 Å². The van der Waals surface area contributed by atoms with E-state index in [1.165, 1.54) is 14.2 Å². The summed E-state index contributed by atoms with van der Waals surface area (Å²) >= 11 is 12.9. The zero-order chi connectivity index (χ0) is 21.4. The van der Waals surface area contributed by atoms with Gasteiger partial charge in [0.25, 0.3) is 0 Å². The van der Waals surface area contributed by atoms with E-state index in [1.807, 2.05) is 22.6 Å². The van der Waals surface area contributed by atoms with Crippen LogP contribution in [0.2, 0.25) is 10.6 Å². The van der Waals surface area contributed by atoms with Crippen molar-refractivity contribution < 1.29 is 19.1 Å². The summed E-state index contributed by atoms with van der Waals surface area (Å²) in [4.78, 5) is 37.3. The number of anilines is 2. The summed E-state index contributed by atoms with van der Waals surface area (Å²) in [6.07, 6.45) is 3.34. The van der Waals surface area contributed by atoms with Crippen LogP contribution in [0.1, 0.15) is 33.5 Å². The minimum atomic E-state index is -0.598. The maximum Gasteiger partial charge on any atom is 0.358 e. The van der Waals surface area contributed by atoms with Crippen molar-refractivity contribution >= 4 is 75.4 Å². The van der Waals surface area contributed by atoms with Crippen molar-refractivity contribution in [2.75, 3.05) is 25.7 Å². The van der Waals surface area contributed by atoms with E-state index in [2.05, 4.69) is 29.4 Å². The third-order valence-electron chi connectivity index (χ3n) is 2.89. The van der Waals surface area contributed by atoms with Gasteiger partial charge in [-0.05, 0) is 52.7 Å². The molecule has 0 spiro atoms. The molecule has 0 saturated carbocycles. The number of carbonyl (C=O) groups excluding carboxylic acids is 2. The molecule has 0 unspecified atom stereocenters. The van der Waals surface area contributed by atoms with Gasteiger partial charge in [0, 0.05) is 5.56 Å². The van der Waals surface area contributed by atoms with E-state index in [1.54, 1.807) is 19.1 Å². The van der Waals surface area contributed by atoms with Gasteiger partial charge < -0.3 is 20.9 Å². The van der Waals surface area contributed by atoms with Crippen LogP contribution in [0.4, 0.5) is 11.6 Å². The summed E-state index contributed by atoms with van der Waals surface area (Å²) in [5, 5.41) is -0.153. The summed E-state index contributed by atoms with van der Waals surface area (Å²) in [6.45, 7) is 1.79. The lowest BCUT2D eigenvalue weighted by Gasteiger charge is -2.05. The van der Waals surface area contributed by atoms with Crippen LogP contribution in [0.5, 0.6) is 0 Å². The van der Waals surface area contributed by atoms with Crippen molar-refractivity contribution in [3.05, 3.63) is 37.2 Å². The third kappa shape index (κ3) is 6.14. The Morgan fingerprint density at radius 3 is 1.89 bits per heavy atom. The zero-order valence-electron chi connectivity index (χ0n) is 14.9. The van der Waals surface area contributed by atoms with Crippen LogP contribution >= 0.6 is 45.8 Å². The van der Waals surface area contributed by atoms with E-state index in [9.17, 15) is 9.59 Å². The van der Waals surface area contributed by atoms with Crippen molar-refractivity contribution in [2.24, 2.45) is 0 Å². The molecule has 150 valence electrons. The fourth-order valence-corrected chi connectivity index (χ4v) is 2.52. The Morgan fingerprint density at radius 2 is 1.39 bits per heavy atom. The molecule has 0 amide bonds. The van der Waals surface area contributed by atoms with Crippen molar-refractivity contribution in [3.8, 4) is 0 Å². The Balaban J connectivity index is 0.000000283. The Labute approximate surface area is 183 Å². The number of allylic oxidation sites excluding steroid dienone is 1. The summed E-state index contributed by atoms with van der Waals surface area (Å²) in [6, 6.07) is 0. The van der Waals surface area contributed by atoms with Crippen LogP contribution < -0.4 is 11.5 Å². The number of carbonyl (C=O) groups is 2. The second-order valence-corrected chi connectivity index (χ2v) is 6.42. The number of nitrogens with two attached hydrogens (primary N) is 2. The summed E-state index contributed by atoms with van der Waals surface area (Å²) < 4.78 is 9.47. The molecule has 13 heteroatoms. The van der Waals surface area contributed by atoms with Gasteiger partial charge in [-0.3, -0.25) is 0 Å². The average Bonchev–Trinajstić information content (AvgIpc) is 2.65. The first-order valence-electron chi connectivity index (χ1n) is 7.27. The van der Waals surface area contributed by atoms with Crippen LogP contribution in [0.3, 0.4) is 0 Å². The van der Waals surface area contributed by atoms with Gasteiger partial charge in [-0.15, -0.1) is 0 Å². The van der Waals surface area contributed by atoms with Gasteiger partial charge >= 0.3 is 11.9 Å². The highest BCUT2D eigenvalue weighted by Crippen LogP contribution is 2.19. The molecule has 2 heterocycles. The number of nitrogens with zero attached hydrogens (tertiary/aromatic N) is 4. The topological polar surface area (TPSA) is 156 Å². The summed E-state index contributed by atoms with van der Waals surface area (Å²) in [7, 11) is 2.51. The van der Waals surface area contributed by atoms with E-state index in [0.717, 1.165) is 0 Å². The molecular weight excluding hydrogens is 526 g/mol. The molecule has 0 radical (unpaired) electrons. The molecule has 0 aliphatic rings. The Morgan fingerprint density at radius 1 is 0.929 bits per heavy atom. The molecule has 4 N–H and O–H groups in total. The van der Waals surface area contributed by atoms with Crippen LogP contribution in [0.25, 0.3) is 6.08 Å². The van der Waals surface area contributed by atoms with Gasteiger partial charge in [-0.2, -0.15) is 4.98 Å². The van der Waals surface area contributed by atoms with Crippen LogP contribution in [0, 0.1) is 3.57 Å². The third-order valence-corrected chi connectivity index (χ3v) is 4.29. The molecule has 0 bridgehead atoms. The standard InChI is InChI=1S/C9H10ClN3O2.C6H5ClIN3O2/c1-3-4-5-6(8(14)15-2)12-9(10)13-7(5)11;1-13-5(12)3-2(8)4(9)11-6(7)10-3/h3-4H,1-2H3,(H2,11,12,13);1H3,(H2,9,10,11)/b4-3-;. The monoisotopic (exact) mass is 540 g/mol. The molecular formula is C15H15Cl2IN6O4. The summed E-state index contributed by atoms with van der Waals surface area (Å²) in [5.74, 6) is -0.867. The second kappa shape index (κ2) is 10.9. The number of methoxy groups -OCH3 is 2. The molecule has 0 aliphatic carbocycles. The number of aromatic nitrogens is 4. The van der Waals surface area contributed by atoms with E-state index < -0.39 is 11.9 Å². The lowest BCUT2D eigenvalue weighted by molar-refractivity contribution is 0.0584. The average molecular weight is 541 g/mol. The van der Waals surface area contributed by atoms with Gasteiger partial charge in [0.15, 0.2) is 11.4 Å². The highest BCUT2D eigenvalue weighted by atomic mass is 127. The fraction of sp³-hybridized carbons (Fsp3) is 0.200. The van der Waals surface area contributed by atoms with Gasteiger partial charge in [0.1, 0.15) is 11.6 Å². The van der Waals surface area contributed by atoms with Crippen LogP contribution in [-0.4, -0.2) is 46.1 Å². The van der Waals surface area contributed by atoms with Crippen molar-refractivity contribution in [1.82, 2.24) is 19.9 Å². The van der Waals surface area contributed by atoms with E-state index in [4.69, 9.17) is 34.7 Å². The zero-order valence-corrected chi connectivity index (χ0v) is 18.5. The fourth-order valence-electron chi connectivity index (χ4n) is 1.71. The van der Waals surface area contributed by atoms with Crippen molar-refractivity contribution in [3.63, 3.8) is 0 Å². The van der Waals surface area contributed by atoms with Gasteiger partial charge in [0.05, 0.1) is 17.8 Å². The molecule has 28 heavy (non-hydrogen) atoms. The normalized spacial score (nSPS) is 10.2. The maximum absolute atomic E-state index is 11.4. The predicted molar refractivity (Wildman–Crippen MR) is 113 cm³/mol. The van der Waals surface area contributed by atoms with Crippen LogP contribution in [0.15, 0.2) is 6.08 Å². The number of nitrogen functional groups attached to an aromatic ring is 2. The van der Waals surface area contributed by atoms with Crippen molar-refractivity contribution in [2.45, 2.75) is 6.92 Å². The van der Waals surface area contributed by atoms with E-state index >= 15 is 0 Å². The quantitative estimate of drug-likeness (QED) is 0.337. The smallest absolute Gasteiger partial charge is 0.358 e. The van der Waals surface area contributed by atoms with E-state index in [0.29, 0.717) is 9.13 Å². The minimum absolute atomic E-state index is 0.0631. The number of ether oxygens (including phenoxy) is 2. The Bertz CT molecular complexity index is 926. The molecule has 10 nitrogen and oxygen atoms in total. The van der Waals surface area contributed by atoms with E-state index in [-0.39, 0.29) is 33.6 Å². The maximum atomic E-state index is 11.4. The number of halogens is 3. The first kappa shape index (κ1) is 23.8.